The fourth-order valence-corrected chi connectivity index (χ4v) is 2.18. The SMILES string of the molecule is N[C@H]1CCc2cc(Cl)c(Br)cc21. The normalized spacial score (nSPS) is 21.1. The third-order valence-corrected chi connectivity index (χ3v) is 3.50. The van der Waals surface area contributed by atoms with Crippen molar-refractivity contribution in [1.82, 2.24) is 0 Å². The summed E-state index contributed by atoms with van der Waals surface area (Å²) in [7, 11) is 0. The van der Waals surface area contributed by atoms with Gasteiger partial charge >= 0.3 is 0 Å². The summed E-state index contributed by atoms with van der Waals surface area (Å²) >= 11 is 9.34. The zero-order valence-corrected chi connectivity index (χ0v) is 8.82. The highest BCUT2D eigenvalue weighted by molar-refractivity contribution is 9.10. The number of rotatable bonds is 0. The van der Waals surface area contributed by atoms with Crippen LogP contribution in [0.5, 0.6) is 0 Å². The van der Waals surface area contributed by atoms with Gasteiger partial charge in [-0.15, -0.1) is 0 Å². The Morgan fingerprint density at radius 1 is 1.50 bits per heavy atom. The van der Waals surface area contributed by atoms with Crippen LogP contribution in [0.2, 0.25) is 5.02 Å². The molecule has 1 aliphatic carbocycles. The molecule has 0 radical (unpaired) electrons. The highest BCUT2D eigenvalue weighted by Gasteiger charge is 2.19. The van der Waals surface area contributed by atoms with Gasteiger partial charge < -0.3 is 5.73 Å². The van der Waals surface area contributed by atoms with Crippen LogP contribution in [0.25, 0.3) is 0 Å². The first-order valence-electron chi connectivity index (χ1n) is 3.92. The van der Waals surface area contributed by atoms with E-state index in [0.717, 1.165) is 22.3 Å². The lowest BCUT2D eigenvalue weighted by Gasteiger charge is -2.05. The molecule has 0 saturated carbocycles. The van der Waals surface area contributed by atoms with Crippen LogP contribution in [0.1, 0.15) is 23.6 Å². The monoisotopic (exact) mass is 245 g/mol. The molecule has 0 saturated heterocycles. The van der Waals surface area contributed by atoms with Crippen LogP contribution in [0.4, 0.5) is 0 Å². The van der Waals surface area contributed by atoms with Gasteiger partial charge in [-0.25, -0.2) is 0 Å². The molecule has 0 amide bonds. The molecule has 0 heterocycles. The van der Waals surface area contributed by atoms with Gasteiger partial charge in [0, 0.05) is 10.5 Å². The van der Waals surface area contributed by atoms with Crippen LogP contribution < -0.4 is 5.73 Å². The standard InChI is InChI=1S/C9H9BrClN/c10-7-4-6-5(3-8(7)11)1-2-9(6)12/h3-4,9H,1-2,12H2/t9-/m0/s1. The molecule has 0 spiro atoms. The molecule has 1 aromatic rings. The van der Waals surface area contributed by atoms with Gasteiger partial charge in [-0.2, -0.15) is 0 Å². The highest BCUT2D eigenvalue weighted by atomic mass is 79.9. The first kappa shape index (κ1) is 8.54. The number of benzene rings is 1. The third kappa shape index (κ3) is 1.28. The third-order valence-electron chi connectivity index (χ3n) is 2.31. The summed E-state index contributed by atoms with van der Waals surface area (Å²) in [4.78, 5) is 0. The molecule has 1 nitrogen and oxygen atoms in total. The minimum absolute atomic E-state index is 0.202. The molecule has 0 bridgehead atoms. The molecule has 1 atom stereocenters. The molecular weight excluding hydrogens is 237 g/mol. The van der Waals surface area contributed by atoms with E-state index < -0.39 is 0 Å². The number of hydrogen-bond donors (Lipinski definition) is 1. The second kappa shape index (κ2) is 3.02. The Labute approximate surface area is 85.0 Å². The van der Waals surface area contributed by atoms with E-state index in [9.17, 15) is 0 Å². The van der Waals surface area contributed by atoms with Crippen LogP contribution in [-0.4, -0.2) is 0 Å². The van der Waals surface area contributed by atoms with Crippen molar-refractivity contribution in [3.63, 3.8) is 0 Å². The largest absolute Gasteiger partial charge is 0.324 e. The number of fused-ring (bicyclic) bond motifs is 1. The summed E-state index contributed by atoms with van der Waals surface area (Å²) in [6.45, 7) is 0. The number of nitrogens with two attached hydrogens (primary N) is 1. The maximum absolute atomic E-state index is 5.95. The summed E-state index contributed by atoms with van der Waals surface area (Å²) in [5, 5.41) is 0.780. The molecule has 2 N–H and O–H groups in total. The van der Waals surface area contributed by atoms with Crippen LogP contribution in [0.3, 0.4) is 0 Å². The molecule has 1 aliphatic rings. The van der Waals surface area contributed by atoms with E-state index >= 15 is 0 Å². The summed E-state index contributed by atoms with van der Waals surface area (Å²) in [5.74, 6) is 0. The molecule has 12 heavy (non-hydrogen) atoms. The lowest BCUT2D eigenvalue weighted by atomic mass is 10.1. The second-order valence-electron chi connectivity index (χ2n) is 3.11. The maximum atomic E-state index is 5.95. The number of aryl methyl sites for hydroxylation is 1. The highest BCUT2D eigenvalue weighted by Crippen LogP contribution is 2.35. The first-order chi connectivity index (χ1) is 5.68. The zero-order chi connectivity index (χ0) is 8.72. The van der Waals surface area contributed by atoms with Gasteiger partial charge in [0.15, 0.2) is 0 Å². The fraction of sp³-hybridized carbons (Fsp3) is 0.333. The van der Waals surface area contributed by atoms with Crippen molar-refractivity contribution < 1.29 is 0 Å². The van der Waals surface area contributed by atoms with E-state index in [4.69, 9.17) is 17.3 Å². The molecule has 0 fully saturated rings. The van der Waals surface area contributed by atoms with Gasteiger partial charge in [-0.3, -0.25) is 0 Å². The molecule has 0 aromatic heterocycles. The van der Waals surface area contributed by atoms with Crippen molar-refractivity contribution in [3.8, 4) is 0 Å². The fourth-order valence-electron chi connectivity index (χ4n) is 1.63. The Hall–Kier alpha value is -0.0500. The zero-order valence-electron chi connectivity index (χ0n) is 6.48. The van der Waals surface area contributed by atoms with Crippen molar-refractivity contribution in [2.75, 3.05) is 0 Å². The Morgan fingerprint density at radius 3 is 3.00 bits per heavy atom. The number of hydrogen-bond acceptors (Lipinski definition) is 1. The van der Waals surface area contributed by atoms with E-state index in [1.54, 1.807) is 0 Å². The van der Waals surface area contributed by atoms with Crippen LogP contribution in [0.15, 0.2) is 16.6 Å². The van der Waals surface area contributed by atoms with Gasteiger partial charge in [0.1, 0.15) is 0 Å². The number of halogens is 2. The van der Waals surface area contributed by atoms with E-state index in [-0.39, 0.29) is 6.04 Å². The van der Waals surface area contributed by atoms with Gasteiger partial charge in [0.05, 0.1) is 5.02 Å². The topological polar surface area (TPSA) is 26.0 Å². The summed E-state index contributed by atoms with van der Waals surface area (Å²) in [6, 6.07) is 4.25. The van der Waals surface area contributed by atoms with Crippen LogP contribution >= 0.6 is 27.5 Å². The molecule has 64 valence electrons. The van der Waals surface area contributed by atoms with Gasteiger partial charge in [0.25, 0.3) is 0 Å². The first-order valence-corrected chi connectivity index (χ1v) is 5.09. The maximum Gasteiger partial charge on any atom is 0.0551 e. The molecule has 3 heteroatoms. The molecule has 0 aliphatic heterocycles. The average molecular weight is 247 g/mol. The van der Waals surface area contributed by atoms with Gasteiger partial charge in [-0.1, -0.05) is 11.6 Å². The van der Waals surface area contributed by atoms with Crippen molar-refractivity contribution in [2.45, 2.75) is 18.9 Å². The lowest BCUT2D eigenvalue weighted by Crippen LogP contribution is -2.04. The summed E-state index contributed by atoms with van der Waals surface area (Å²) in [6.07, 6.45) is 2.10. The van der Waals surface area contributed by atoms with E-state index in [2.05, 4.69) is 15.9 Å². The Kier molecular flexibility index (Phi) is 2.15. The predicted octanol–water partition coefficient (Wildman–Crippen LogP) is 3.05. The van der Waals surface area contributed by atoms with Crippen LogP contribution in [0, 0.1) is 0 Å². The molecule has 2 rings (SSSR count). The Bertz CT molecular complexity index is 325. The van der Waals surface area contributed by atoms with Crippen molar-refractivity contribution in [2.24, 2.45) is 5.73 Å². The average Bonchev–Trinajstić information content (AvgIpc) is 2.35. The second-order valence-corrected chi connectivity index (χ2v) is 4.37. The molecule has 1 aromatic carbocycles. The van der Waals surface area contributed by atoms with E-state index in [1.165, 1.54) is 11.1 Å². The van der Waals surface area contributed by atoms with Crippen molar-refractivity contribution in [3.05, 3.63) is 32.8 Å². The summed E-state index contributed by atoms with van der Waals surface area (Å²) < 4.78 is 0.945. The Balaban J connectivity index is 2.56. The smallest absolute Gasteiger partial charge is 0.0551 e. The Morgan fingerprint density at radius 2 is 2.25 bits per heavy atom. The summed E-state index contributed by atoms with van der Waals surface area (Å²) in [5.41, 5.74) is 8.44. The van der Waals surface area contributed by atoms with Crippen LogP contribution in [-0.2, 0) is 6.42 Å². The van der Waals surface area contributed by atoms with E-state index in [1.807, 2.05) is 12.1 Å². The van der Waals surface area contributed by atoms with Gasteiger partial charge in [-0.05, 0) is 52.0 Å². The van der Waals surface area contributed by atoms with Gasteiger partial charge in [0.2, 0.25) is 0 Å². The predicted molar refractivity (Wildman–Crippen MR) is 54.4 cm³/mol. The quantitative estimate of drug-likeness (QED) is 0.748. The van der Waals surface area contributed by atoms with Crippen molar-refractivity contribution in [1.29, 1.82) is 0 Å². The minimum Gasteiger partial charge on any atom is -0.324 e. The molecular formula is C9H9BrClN. The van der Waals surface area contributed by atoms with E-state index in [0.29, 0.717) is 0 Å². The lowest BCUT2D eigenvalue weighted by molar-refractivity contribution is 0.713. The molecule has 0 unspecified atom stereocenters. The minimum atomic E-state index is 0.202. The van der Waals surface area contributed by atoms with Crippen molar-refractivity contribution >= 4 is 27.5 Å².